The SMILES string of the molecule is COc1ccc2sc(=S)n(C=NC3CCCCC3)c2c1. The van der Waals surface area contributed by atoms with Gasteiger partial charge in [0.2, 0.25) is 0 Å². The van der Waals surface area contributed by atoms with Crippen LogP contribution >= 0.6 is 23.6 Å². The molecule has 0 unspecified atom stereocenters. The number of rotatable bonds is 3. The number of ether oxygens (including phenoxy) is 1. The molecule has 1 aromatic heterocycles. The number of aromatic nitrogens is 1. The molecule has 1 saturated carbocycles. The van der Waals surface area contributed by atoms with Crippen LogP contribution in [0.2, 0.25) is 0 Å². The molecular weight excluding hydrogens is 288 g/mol. The van der Waals surface area contributed by atoms with Gasteiger partial charge in [-0.25, -0.2) is 0 Å². The molecule has 0 spiro atoms. The maximum atomic E-state index is 5.45. The lowest BCUT2D eigenvalue weighted by Crippen LogP contribution is -2.11. The zero-order chi connectivity index (χ0) is 13.9. The molecular formula is C15H18N2OS2. The zero-order valence-electron chi connectivity index (χ0n) is 11.5. The monoisotopic (exact) mass is 306 g/mol. The largest absolute Gasteiger partial charge is 0.497 e. The van der Waals surface area contributed by atoms with E-state index in [0.717, 1.165) is 15.2 Å². The van der Waals surface area contributed by atoms with Crippen LogP contribution in [0, 0.1) is 3.95 Å². The van der Waals surface area contributed by atoms with Gasteiger partial charge in [-0.2, -0.15) is 0 Å². The summed E-state index contributed by atoms with van der Waals surface area (Å²) in [5.41, 5.74) is 1.08. The summed E-state index contributed by atoms with van der Waals surface area (Å²) in [6, 6.07) is 6.51. The normalized spacial score (nSPS) is 17.1. The molecule has 0 aliphatic heterocycles. The second-order valence-electron chi connectivity index (χ2n) is 5.13. The Kier molecular flexibility index (Phi) is 4.17. The predicted molar refractivity (Wildman–Crippen MR) is 88.0 cm³/mol. The minimum Gasteiger partial charge on any atom is -0.497 e. The number of benzene rings is 1. The molecule has 1 heterocycles. The highest BCUT2D eigenvalue weighted by Gasteiger charge is 2.11. The van der Waals surface area contributed by atoms with Crippen molar-refractivity contribution < 1.29 is 4.74 Å². The van der Waals surface area contributed by atoms with Gasteiger partial charge in [-0.15, -0.1) is 11.3 Å². The molecule has 1 aliphatic carbocycles. The highest BCUT2D eigenvalue weighted by atomic mass is 32.1. The summed E-state index contributed by atoms with van der Waals surface area (Å²) in [7, 11) is 1.68. The van der Waals surface area contributed by atoms with Crippen LogP contribution in [0.25, 0.3) is 10.2 Å². The Morgan fingerprint density at radius 3 is 2.90 bits per heavy atom. The van der Waals surface area contributed by atoms with Crippen molar-refractivity contribution in [3.8, 4) is 5.75 Å². The summed E-state index contributed by atoms with van der Waals surface area (Å²) in [5, 5.41) is 0. The molecule has 5 heteroatoms. The van der Waals surface area contributed by atoms with E-state index in [1.807, 2.05) is 23.0 Å². The first-order chi connectivity index (χ1) is 9.78. The average Bonchev–Trinajstić information content (AvgIpc) is 2.80. The highest BCUT2D eigenvalue weighted by molar-refractivity contribution is 7.73. The number of methoxy groups -OCH3 is 1. The minimum absolute atomic E-state index is 0.464. The topological polar surface area (TPSA) is 26.5 Å². The van der Waals surface area contributed by atoms with Crippen molar-refractivity contribution in [2.75, 3.05) is 7.11 Å². The van der Waals surface area contributed by atoms with Crippen LogP contribution in [0.4, 0.5) is 0 Å². The van der Waals surface area contributed by atoms with Crippen LogP contribution in [0.15, 0.2) is 23.2 Å². The molecule has 3 nitrogen and oxygen atoms in total. The first-order valence-electron chi connectivity index (χ1n) is 7.00. The van der Waals surface area contributed by atoms with E-state index < -0.39 is 0 Å². The van der Waals surface area contributed by atoms with E-state index in [9.17, 15) is 0 Å². The first kappa shape index (κ1) is 13.8. The van der Waals surface area contributed by atoms with Crippen molar-refractivity contribution in [2.24, 2.45) is 4.99 Å². The third-order valence-electron chi connectivity index (χ3n) is 3.79. The van der Waals surface area contributed by atoms with Crippen LogP contribution in [0.1, 0.15) is 32.1 Å². The van der Waals surface area contributed by atoms with Gasteiger partial charge in [0.1, 0.15) is 5.75 Å². The van der Waals surface area contributed by atoms with E-state index in [1.54, 1.807) is 18.4 Å². The van der Waals surface area contributed by atoms with E-state index >= 15 is 0 Å². The molecule has 3 rings (SSSR count). The molecule has 1 aliphatic rings. The van der Waals surface area contributed by atoms with Crippen LogP contribution in [0.3, 0.4) is 0 Å². The molecule has 20 heavy (non-hydrogen) atoms. The Morgan fingerprint density at radius 2 is 2.15 bits per heavy atom. The number of aliphatic imine (C=N–C) groups is 1. The molecule has 0 N–H and O–H groups in total. The Bertz CT molecular complexity index is 681. The van der Waals surface area contributed by atoms with E-state index in [0.29, 0.717) is 6.04 Å². The molecule has 0 amide bonds. The van der Waals surface area contributed by atoms with Crippen molar-refractivity contribution in [1.82, 2.24) is 4.57 Å². The summed E-state index contributed by atoms with van der Waals surface area (Å²) in [5.74, 6) is 0.852. The standard InChI is InChI=1S/C15H18N2OS2/c1-18-12-7-8-14-13(9-12)17(15(19)20-14)10-16-11-5-3-2-4-6-11/h7-11H,2-6H2,1H3. The zero-order valence-corrected chi connectivity index (χ0v) is 13.2. The van der Waals surface area contributed by atoms with Gasteiger partial charge in [-0.05, 0) is 37.2 Å². The Balaban J connectivity index is 1.95. The van der Waals surface area contributed by atoms with Crippen molar-refractivity contribution in [2.45, 2.75) is 38.1 Å². The van der Waals surface area contributed by atoms with Crippen LogP contribution in [-0.2, 0) is 0 Å². The predicted octanol–water partition coefficient (Wildman–Crippen LogP) is 4.65. The van der Waals surface area contributed by atoms with E-state index in [4.69, 9.17) is 21.9 Å². The number of fused-ring (bicyclic) bond motifs is 1. The van der Waals surface area contributed by atoms with Gasteiger partial charge in [0.05, 0.1) is 29.7 Å². The van der Waals surface area contributed by atoms with E-state index in [1.165, 1.54) is 36.8 Å². The number of thiazole rings is 1. The second-order valence-corrected chi connectivity index (χ2v) is 6.80. The molecule has 2 aromatic rings. The van der Waals surface area contributed by atoms with Gasteiger partial charge in [0.25, 0.3) is 0 Å². The van der Waals surface area contributed by atoms with Crippen molar-refractivity contribution in [1.29, 1.82) is 0 Å². The third-order valence-corrected chi connectivity index (χ3v) is 5.17. The summed E-state index contributed by atoms with van der Waals surface area (Å²) < 4.78 is 9.31. The smallest absolute Gasteiger partial charge is 0.167 e. The second kappa shape index (κ2) is 6.06. The van der Waals surface area contributed by atoms with Crippen LogP contribution in [0.5, 0.6) is 5.75 Å². The Morgan fingerprint density at radius 1 is 1.35 bits per heavy atom. The summed E-state index contributed by atoms with van der Waals surface area (Å²) in [4.78, 5) is 4.73. The van der Waals surface area contributed by atoms with Gasteiger partial charge >= 0.3 is 0 Å². The van der Waals surface area contributed by atoms with E-state index in [2.05, 4.69) is 6.07 Å². The lowest BCUT2D eigenvalue weighted by atomic mass is 9.96. The maximum Gasteiger partial charge on any atom is 0.167 e. The van der Waals surface area contributed by atoms with E-state index in [-0.39, 0.29) is 0 Å². The molecule has 0 atom stereocenters. The average molecular weight is 306 g/mol. The highest BCUT2D eigenvalue weighted by Crippen LogP contribution is 2.26. The van der Waals surface area contributed by atoms with Crippen molar-refractivity contribution in [3.05, 3.63) is 22.2 Å². The molecule has 1 aromatic carbocycles. The first-order valence-corrected chi connectivity index (χ1v) is 8.23. The Hall–Kier alpha value is -1.20. The van der Waals surface area contributed by atoms with Gasteiger partial charge in [0.15, 0.2) is 3.95 Å². The maximum absolute atomic E-state index is 5.45. The lowest BCUT2D eigenvalue weighted by Gasteiger charge is -2.17. The number of hydrogen-bond donors (Lipinski definition) is 0. The summed E-state index contributed by atoms with van der Waals surface area (Å²) in [6.45, 7) is 0. The fourth-order valence-electron chi connectivity index (χ4n) is 2.64. The van der Waals surface area contributed by atoms with Crippen LogP contribution in [-0.4, -0.2) is 24.1 Å². The molecule has 106 valence electrons. The number of hydrogen-bond acceptors (Lipinski definition) is 4. The molecule has 0 bridgehead atoms. The minimum atomic E-state index is 0.464. The quantitative estimate of drug-likeness (QED) is 0.469. The molecule has 0 radical (unpaired) electrons. The third kappa shape index (κ3) is 2.79. The van der Waals surface area contributed by atoms with Gasteiger partial charge < -0.3 is 4.74 Å². The summed E-state index contributed by atoms with van der Waals surface area (Å²) >= 11 is 7.06. The van der Waals surface area contributed by atoms with Crippen LogP contribution < -0.4 is 4.74 Å². The van der Waals surface area contributed by atoms with Crippen molar-refractivity contribution >= 4 is 40.1 Å². The Labute approximate surface area is 127 Å². The lowest BCUT2D eigenvalue weighted by molar-refractivity contribution is 0.415. The van der Waals surface area contributed by atoms with Gasteiger partial charge in [0, 0.05) is 6.07 Å². The fourth-order valence-corrected chi connectivity index (χ4v) is 3.89. The fraction of sp³-hybridized carbons (Fsp3) is 0.467. The van der Waals surface area contributed by atoms with Gasteiger partial charge in [-0.3, -0.25) is 9.56 Å². The number of nitrogens with zero attached hydrogens (tertiary/aromatic N) is 2. The molecule has 0 saturated heterocycles. The molecule has 1 fully saturated rings. The van der Waals surface area contributed by atoms with Crippen molar-refractivity contribution in [3.63, 3.8) is 0 Å². The summed E-state index contributed by atoms with van der Waals surface area (Å²) in [6.07, 6.45) is 8.27. The van der Waals surface area contributed by atoms with Gasteiger partial charge in [-0.1, -0.05) is 19.3 Å².